The number of aryl methyl sites for hydroxylation is 3. The van der Waals surface area contributed by atoms with Crippen LogP contribution in [0.1, 0.15) is 16.8 Å². The van der Waals surface area contributed by atoms with Crippen molar-refractivity contribution in [1.82, 2.24) is 14.4 Å². The molecule has 6 nitrogen and oxygen atoms in total. The van der Waals surface area contributed by atoms with Crippen molar-refractivity contribution in [1.29, 1.82) is 0 Å². The Labute approximate surface area is 164 Å². The van der Waals surface area contributed by atoms with Crippen molar-refractivity contribution in [2.45, 2.75) is 25.7 Å². The van der Waals surface area contributed by atoms with Gasteiger partial charge in [-0.05, 0) is 50.6 Å². The second-order valence-corrected chi connectivity index (χ2v) is 8.50. The lowest BCUT2D eigenvalue weighted by atomic mass is 10.1. The highest BCUT2D eigenvalue weighted by molar-refractivity contribution is 7.92. The largest absolute Gasteiger partial charge is 0.291 e. The standard InChI is InChI=1S/C21H20N4O2S/c1-14-4-9-20(15(2)12-14)28(26,27)24-18-7-5-17(6-8-18)19-13-25-11-10-16(3)22-21(25)23-19/h4-13,24H,1-3H3. The molecule has 0 fully saturated rings. The molecule has 0 aliphatic heterocycles. The van der Waals surface area contributed by atoms with Gasteiger partial charge in [0.2, 0.25) is 5.78 Å². The summed E-state index contributed by atoms with van der Waals surface area (Å²) in [5, 5.41) is 0. The third-order valence-electron chi connectivity index (χ3n) is 4.52. The van der Waals surface area contributed by atoms with Gasteiger partial charge < -0.3 is 0 Å². The smallest absolute Gasteiger partial charge is 0.262 e. The molecule has 0 aliphatic rings. The van der Waals surface area contributed by atoms with E-state index in [9.17, 15) is 8.42 Å². The Kier molecular flexibility index (Phi) is 4.39. The average Bonchev–Trinajstić information content (AvgIpc) is 3.04. The van der Waals surface area contributed by atoms with Crippen LogP contribution in [0.2, 0.25) is 0 Å². The minimum atomic E-state index is -3.64. The Hall–Kier alpha value is -3.19. The minimum Gasteiger partial charge on any atom is -0.291 e. The van der Waals surface area contributed by atoms with Crippen LogP contribution in [0.4, 0.5) is 5.69 Å². The van der Waals surface area contributed by atoms with E-state index >= 15 is 0 Å². The van der Waals surface area contributed by atoms with Crippen LogP contribution in [0, 0.1) is 20.8 Å². The third kappa shape index (κ3) is 3.48. The Morgan fingerprint density at radius 1 is 0.929 bits per heavy atom. The first-order valence-corrected chi connectivity index (χ1v) is 10.3. The van der Waals surface area contributed by atoms with E-state index in [1.807, 2.05) is 54.9 Å². The number of sulfonamides is 1. The van der Waals surface area contributed by atoms with E-state index in [0.717, 1.165) is 28.1 Å². The molecule has 0 unspecified atom stereocenters. The molecule has 4 rings (SSSR count). The molecule has 2 heterocycles. The van der Waals surface area contributed by atoms with E-state index in [4.69, 9.17) is 0 Å². The summed E-state index contributed by atoms with van der Waals surface area (Å²) in [6.45, 7) is 5.65. The minimum absolute atomic E-state index is 0.281. The number of benzene rings is 2. The van der Waals surface area contributed by atoms with Crippen molar-refractivity contribution in [3.05, 3.63) is 77.7 Å². The fourth-order valence-corrected chi connectivity index (χ4v) is 4.40. The van der Waals surface area contributed by atoms with E-state index < -0.39 is 10.0 Å². The summed E-state index contributed by atoms with van der Waals surface area (Å²) >= 11 is 0. The van der Waals surface area contributed by atoms with E-state index in [-0.39, 0.29) is 4.90 Å². The number of aromatic nitrogens is 3. The Balaban J connectivity index is 1.60. The van der Waals surface area contributed by atoms with Gasteiger partial charge in [0, 0.05) is 29.3 Å². The maximum Gasteiger partial charge on any atom is 0.262 e. The number of nitrogens with zero attached hydrogens (tertiary/aromatic N) is 3. The SMILES string of the molecule is Cc1ccc(S(=O)(=O)Nc2ccc(-c3cn4ccc(C)nc4n3)cc2)c(C)c1. The van der Waals surface area contributed by atoms with Gasteiger partial charge >= 0.3 is 0 Å². The lowest BCUT2D eigenvalue weighted by Crippen LogP contribution is -2.14. The molecule has 0 atom stereocenters. The lowest BCUT2D eigenvalue weighted by molar-refractivity contribution is 0.600. The number of rotatable bonds is 4. The van der Waals surface area contributed by atoms with Crippen molar-refractivity contribution in [2.75, 3.05) is 4.72 Å². The van der Waals surface area contributed by atoms with Gasteiger partial charge in [0.15, 0.2) is 0 Å². The van der Waals surface area contributed by atoms with Crippen LogP contribution in [0.3, 0.4) is 0 Å². The summed E-state index contributed by atoms with van der Waals surface area (Å²) in [5.41, 5.74) is 4.82. The Morgan fingerprint density at radius 2 is 1.68 bits per heavy atom. The molecule has 7 heteroatoms. The number of anilines is 1. The predicted octanol–water partition coefficient (Wildman–Crippen LogP) is 4.12. The number of hydrogen-bond donors (Lipinski definition) is 1. The Morgan fingerprint density at radius 3 is 2.39 bits per heavy atom. The van der Waals surface area contributed by atoms with Crippen LogP contribution in [0.5, 0.6) is 0 Å². The lowest BCUT2D eigenvalue weighted by Gasteiger charge is -2.11. The monoisotopic (exact) mass is 392 g/mol. The van der Waals surface area contributed by atoms with Gasteiger partial charge in [-0.25, -0.2) is 18.4 Å². The molecule has 0 aliphatic carbocycles. The highest BCUT2D eigenvalue weighted by Crippen LogP contribution is 2.24. The summed E-state index contributed by atoms with van der Waals surface area (Å²) in [5.74, 6) is 0.634. The number of fused-ring (bicyclic) bond motifs is 1. The van der Waals surface area contributed by atoms with Gasteiger partial charge in [-0.1, -0.05) is 29.8 Å². The van der Waals surface area contributed by atoms with Gasteiger partial charge in [0.05, 0.1) is 10.6 Å². The maximum absolute atomic E-state index is 12.7. The summed E-state index contributed by atoms with van der Waals surface area (Å²) in [6, 6.07) is 14.4. The fourth-order valence-electron chi connectivity index (χ4n) is 3.12. The van der Waals surface area contributed by atoms with E-state index in [0.29, 0.717) is 11.5 Å². The first-order valence-electron chi connectivity index (χ1n) is 8.85. The van der Waals surface area contributed by atoms with Gasteiger partial charge in [-0.3, -0.25) is 9.12 Å². The van der Waals surface area contributed by atoms with Gasteiger partial charge in [0.25, 0.3) is 10.0 Å². The topological polar surface area (TPSA) is 76.4 Å². The molecule has 4 aromatic rings. The second-order valence-electron chi connectivity index (χ2n) is 6.85. The predicted molar refractivity (Wildman–Crippen MR) is 110 cm³/mol. The van der Waals surface area contributed by atoms with Crippen molar-refractivity contribution in [2.24, 2.45) is 0 Å². The van der Waals surface area contributed by atoms with E-state index in [1.165, 1.54) is 0 Å². The zero-order valence-electron chi connectivity index (χ0n) is 15.8. The number of imidazole rings is 1. The molecule has 0 saturated carbocycles. The molecule has 28 heavy (non-hydrogen) atoms. The molecule has 142 valence electrons. The van der Waals surface area contributed by atoms with Crippen molar-refractivity contribution >= 4 is 21.5 Å². The fraction of sp³-hybridized carbons (Fsp3) is 0.143. The van der Waals surface area contributed by atoms with Crippen LogP contribution in [0.25, 0.3) is 17.0 Å². The molecule has 0 saturated heterocycles. The molecule has 1 N–H and O–H groups in total. The molecule has 0 radical (unpaired) electrons. The summed E-state index contributed by atoms with van der Waals surface area (Å²) in [7, 11) is -3.64. The van der Waals surface area contributed by atoms with Crippen LogP contribution in [-0.2, 0) is 10.0 Å². The van der Waals surface area contributed by atoms with Gasteiger partial charge in [-0.2, -0.15) is 0 Å². The normalized spacial score (nSPS) is 11.7. The maximum atomic E-state index is 12.7. The zero-order valence-corrected chi connectivity index (χ0v) is 16.7. The quantitative estimate of drug-likeness (QED) is 0.567. The molecule has 0 spiro atoms. The van der Waals surface area contributed by atoms with Crippen molar-refractivity contribution < 1.29 is 8.42 Å². The Bertz CT molecular complexity index is 1280. The second kappa shape index (κ2) is 6.76. The van der Waals surface area contributed by atoms with Gasteiger partial charge in [0.1, 0.15) is 0 Å². The summed E-state index contributed by atoms with van der Waals surface area (Å²) < 4.78 is 29.9. The highest BCUT2D eigenvalue weighted by atomic mass is 32.2. The zero-order chi connectivity index (χ0) is 19.9. The van der Waals surface area contributed by atoms with Crippen LogP contribution >= 0.6 is 0 Å². The first-order chi connectivity index (χ1) is 13.3. The van der Waals surface area contributed by atoms with E-state index in [2.05, 4.69) is 14.7 Å². The van der Waals surface area contributed by atoms with Gasteiger partial charge in [-0.15, -0.1) is 0 Å². The molecule has 2 aromatic heterocycles. The first kappa shape index (κ1) is 18.2. The number of nitrogens with one attached hydrogen (secondary N) is 1. The third-order valence-corrected chi connectivity index (χ3v) is 6.06. The molecular formula is C21H20N4O2S. The van der Waals surface area contributed by atoms with Crippen LogP contribution in [-0.4, -0.2) is 22.8 Å². The van der Waals surface area contributed by atoms with Crippen molar-refractivity contribution in [3.8, 4) is 11.3 Å². The molecule has 2 aromatic carbocycles. The molecule has 0 bridgehead atoms. The average molecular weight is 392 g/mol. The summed E-state index contributed by atoms with van der Waals surface area (Å²) in [6.07, 6.45) is 3.82. The highest BCUT2D eigenvalue weighted by Gasteiger charge is 2.17. The molecule has 0 amide bonds. The number of hydrogen-bond acceptors (Lipinski definition) is 4. The summed E-state index contributed by atoms with van der Waals surface area (Å²) in [4.78, 5) is 9.21. The van der Waals surface area contributed by atoms with Crippen LogP contribution < -0.4 is 4.72 Å². The van der Waals surface area contributed by atoms with E-state index in [1.54, 1.807) is 31.2 Å². The molecular weight excluding hydrogens is 372 g/mol. The van der Waals surface area contributed by atoms with Crippen LogP contribution in [0.15, 0.2) is 65.8 Å². The van der Waals surface area contributed by atoms with Crippen molar-refractivity contribution in [3.63, 3.8) is 0 Å².